The third kappa shape index (κ3) is 10.3. The van der Waals surface area contributed by atoms with E-state index in [0.717, 1.165) is 0 Å². The molecule has 2 N–H and O–H groups in total. The molecule has 22 nitrogen and oxygen atoms in total. The number of amides is 2. The number of fused-ring (bicyclic) bond motifs is 4. The topological polar surface area (TPSA) is 253 Å². The van der Waals surface area contributed by atoms with E-state index in [1.54, 1.807) is 32.9 Å². The summed E-state index contributed by atoms with van der Waals surface area (Å²) in [5.74, 6) is -1.20. The number of ether oxygens (including phenoxy) is 6. The highest BCUT2D eigenvalue weighted by atomic mass is 31.2. The van der Waals surface area contributed by atoms with Crippen LogP contribution in [0, 0.1) is 5.41 Å². The van der Waals surface area contributed by atoms with Crippen LogP contribution in [0.15, 0.2) is 50.6 Å². The van der Waals surface area contributed by atoms with Crippen molar-refractivity contribution in [2.45, 2.75) is 95.7 Å². The van der Waals surface area contributed by atoms with Crippen molar-refractivity contribution in [2.24, 2.45) is 5.41 Å². The summed E-state index contributed by atoms with van der Waals surface area (Å²) in [7, 11) is -4.52. The van der Waals surface area contributed by atoms with Gasteiger partial charge in [0.25, 0.3) is 0 Å². The fraction of sp³-hybridized carbons (Fsp3) is 0.553. The monoisotopic (exact) mass is 904 g/mol. The van der Waals surface area contributed by atoms with Gasteiger partial charge < -0.3 is 43.6 Å². The van der Waals surface area contributed by atoms with Crippen molar-refractivity contribution in [1.82, 2.24) is 39.0 Å². The molecule has 1 unspecified atom stereocenters. The Bertz CT molecular complexity index is 2360. The van der Waals surface area contributed by atoms with Crippen LogP contribution in [0.4, 0.5) is 20.4 Å². The van der Waals surface area contributed by atoms with Crippen LogP contribution in [0.3, 0.4) is 0 Å². The largest absolute Gasteiger partial charge is 0.438 e. The highest BCUT2D eigenvalue weighted by Gasteiger charge is 2.51. The van der Waals surface area contributed by atoms with Crippen molar-refractivity contribution in [3.63, 3.8) is 0 Å². The van der Waals surface area contributed by atoms with E-state index in [9.17, 15) is 18.9 Å². The Morgan fingerprint density at radius 1 is 0.825 bits per heavy atom. The first-order valence-corrected chi connectivity index (χ1v) is 21.6. The molecule has 9 atom stereocenters. The van der Waals surface area contributed by atoms with Crippen LogP contribution in [0.2, 0.25) is 0 Å². The van der Waals surface area contributed by atoms with Crippen molar-refractivity contribution < 1.29 is 65.2 Å². The van der Waals surface area contributed by atoms with Crippen LogP contribution in [-0.4, -0.2) is 127 Å². The minimum atomic E-state index is -4.52. The fourth-order valence-corrected chi connectivity index (χ4v) is 7.93. The zero-order valence-electron chi connectivity index (χ0n) is 34.5. The number of aromatic nitrogens is 8. The number of alkyl halides is 2. The SMILES string of the molecule is C=CCCC(=O)Nc1ncnc2c1ncn2[C@@H]1O[C@@H]2COCO[C@H]3[C@@H](F)[C@H](n4cnc5c(NC(=O)CCC=C)ncnc54)O[C@@H]3COP(=O)(OCOC(=O)C(C)(C)C)CO[C@H]2[C@H]1F. The van der Waals surface area contributed by atoms with Crippen molar-refractivity contribution in [1.29, 1.82) is 0 Å². The van der Waals surface area contributed by atoms with Gasteiger partial charge in [-0.3, -0.25) is 32.6 Å². The minimum Gasteiger partial charge on any atom is -0.438 e. The minimum absolute atomic E-state index is 0.0909. The molecule has 7 heterocycles. The van der Waals surface area contributed by atoms with E-state index in [1.807, 2.05) is 0 Å². The summed E-state index contributed by atoms with van der Waals surface area (Å²) in [4.78, 5) is 62.8. The zero-order valence-corrected chi connectivity index (χ0v) is 35.4. The maximum Gasteiger partial charge on any atom is 0.359 e. The summed E-state index contributed by atoms with van der Waals surface area (Å²) < 4.78 is 96.5. The number of carbonyl (C=O) groups is 3. The van der Waals surface area contributed by atoms with Gasteiger partial charge in [0.2, 0.25) is 18.6 Å². The summed E-state index contributed by atoms with van der Waals surface area (Å²) in [6, 6.07) is 0. The van der Waals surface area contributed by atoms with Crippen LogP contribution in [0.25, 0.3) is 22.3 Å². The Balaban J connectivity index is 1.12. The second-order valence-electron chi connectivity index (χ2n) is 15.6. The molecule has 0 bridgehead atoms. The molecule has 25 heteroatoms. The number of hydrogen-bond donors (Lipinski definition) is 2. The number of allylic oxidation sites excluding steroid dienone is 2. The van der Waals surface area contributed by atoms with E-state index in [-0.39, 0.29) is 65.2 Å². The number of halogens is 2. The van der Waals surface area contributed by atoms with Crippen LogP contribution < -0.4 is 10.6 Å². The first-order chi connectivity index (χ1) is 30.2. The van der Waals surface area contributed by atoms with Crippen LogP contribution in [0.1, 0.15) is 58.9 Å². The maximum atomic E-state index is 16.6. The van der Waals surface area contributed by atoms with E-state index in [4.69, 9.17) is 37.5 Å². The summed E-state index contributed by atoms with van der Waals surface area (Å²) in [6.07, 6.45) is -3.87. The first kappa shape index (κ1) is 45.8. The Hall–Kier alpha value is -5.20. The lowest BCUT2D eigenvalue weighted by atomic mass is 9.98. The normalized spacial score (nSPS) is 28.0. The lowest BCUT2D eigenvalue weighted by molar-refractivity contribution is -0.160. The summed E-state index contributed by atoms with van der Waals surface area (Å²) in [5, 5.41) is 5.33. The van der Waals surface area contributed by atoms with E-state index in [1.165, 1.54) is 34.4 Å². The van der Waals surface area contributed by atoms with Gasteiger partial charge in [-0.1, -0.05) is 12.2 Å². The molecule has 3 saturated heterocycles. The predicted molar refractivity (Wildman–Crippen MR) is 215 cm³/mol. The van der Waals surface area contributed by atoms with Gasteiger partial charge in [0, 0.05) is 12.8 Å². The molecule has 340 valence electrons. The van der Waals surface area contributed by atoms with Gasteiger partial charge in [0.05, 0.1) is 31.3 Å². The van der Waals surface area contributed by atoms with Gasteiger partial charge in [0.1, 0.15) is 50.2 Å². The number of esters is 1. The maximum absolute atomic E-state index is 16.6. The molecular weight excluding hydrogens is 857 g/mol. The molecule has 3 aliphatic heterocycles. The first-order valence-electron chi connectivity index (χ1n) is 19.8. The fourth-order valence-electron chi connectivity index (χ4n) is 6.76. The van der Waals surface area contributed by atoms with Gasteiger partial charge in [-0.15, -0.1) is 13.2 Å². The van der Waals surface area contributed by atoms with Gasteiger partial charge in [-0.2, -0.15) is 0 Å². The summed E-state index contributed by atoms with van der Waals surface area (Å²) in [5.41, 5.74) is -0.406. The second-order valence-corrected chi connectivity index (χ2v) is 17.6. The number of rotatable bonds is 13. The standard InChI is InChI=1S/C38H47F2N10O12P/c1-6-8-10-23(51)47-31-27-33(43-14-41-31)49(16-45-27)35-25(39)29-22(62-35)13-59-63(54,60-19-57-37(53)38(3,4)5)20-58-30-21(12-55-18-56-29)61-36(26(30)40)50-17-46-28-32(42-15-44-34(28)50)48-24(52)11-9-7-2/h6-7,14-17,21-22,25-26,29-30,35-36H,1-2,8-13,18-20H2,3-5H3,(H,41,43,47,51)(H,42,44,48,52)/t21-,22-,25-,26-,29-,30-,35-,36-,63?/m1/s1. The van der Waals surface area contributed by atoms with Crippen LogP contribution >= 0.6 is 7.60 Å². The quantitative estimate of drug-likeness (QED) is 0.0814. The Kier molecular flexibility index (Phi) is 14.3. The molecule has 0 spiro atoms. The number of nitrogens with one attached hydrogen (secondary N) is 2. The molecule has 2 amide bonds. The van der Waals surface area contributed by atoms with Crippen LogP contribution in [-0.2, 0) is 56.4 Å². The lowest BCUT2D eigenvalue weighted by Crippen LogP contribution is -2.36. The Morgan fingerprint density at radius 3 is 1.87 bits per heavy atom. The van der Waals surface area contributed by atoms with Crippen molar-refractivity contribution in [3.8, 4) is 0 Å². The van der Waals surface area contributed by atoms with E-state index >= 15 is 8.78 Å². The third-order valence-electron chi connectivity index (χ3n) is 10.0. The summed E-state index contributed by atoms with van der Waals surface area (Å²) in [6.45, 7) is 9.65. The van der Waals surface area contributed by atoms with Gasteiger partial charge in [-0.05, 0) is 33.6 Å². The molecule has 0 radical (unpaired) electrons. The van der Waals surface area contributed by atoms with Gasteiger partial charge in [-0.25, -0.2) is 38.7 Å². The molecule has 3 aliphatic rings. The molecule has 0 aliphatic carbocycles. The van der Waals surface area contributed by atoms with Gasteiger partial charge >= 0.3 is 13.6 Å². The number of anilines is 2. The van der Waals surface area contributed by atoms with E-state index in [2.05, 4.69) is 53.7 Å². The lowest BCUT2D eigenvalue weighted by Gasteiger charge is -2.25. The Morgan fingerprint density at radius 2 is 1.35 bits per heavy atom. The van der Waals surface area contributed by atoms with Crippen molar-refractivity contribution >= 4 is 59.3 Å². The highest BCUT2D eigenvalue weighted by molar-refractivity contribution is 7.53. The summed E-state index contributed by atoms with van der Waals surface area (Å²) >= 11 is 0. The molecule has 4 aromatic rings. The number of nitrogens with zero attached hydrogens (tertiary/aromatic N) is 8. The predicted octanol–water partition coefficient (Wildman–Crippen LogP) is 4.44. The molecule has 4 aromatic heterocycles. The second kappa shape index (κ2) is 19.7. The smallest absolute Gasteiger partial charge is 0.359 e. The number of hydrogen-bond acceptors (Lipinski definition) is 18. The highest BCUT2D eigenvalue weighted by Crippen LogP contribution is 2.51. The molecule has 3 fully saturated rings. The number of carbonyl (C=O) groups excluding carboxylic acids is 3. The third-order valence-corrected chi connectivity index (χ3v) is 11.5. The number of imidazole rings is 2. The van der Waals surface area contributed by atoms with Gasteiger partial charge in [0.15, 0.2) is 58.8 Å². The molecular formula is C38H47F2N10O12P. The molecule has 63 heavy (non-hydrogen) atoms. The molecule has 0 saturated carbocycles. The van der Waals surface area contributed by atoms with E-state index < -0.39 is 94.7 Å². The van der Waals surface area contributed by atoms with Crippen molar-refractivity contribution in [2.75, 3.05) is 43.8 Å². The van der Waals surface area contributed by atoms with Crippen molar-refractivity contribution in [3.05, 3.63) is 50.6 Å². The van der Waals surface area contributed by atoms with E-state index in [0.29, 0.717) is 12.8 Å². The Labute approximate surface area is 358 Å². The molecule has 0 aromatic carbocycles. The van der Waals surface area contributed by atoms with Crippen LogP contribution in [0.5, 0.6) is 0 Å². The molecule has 7 rings (SSSR count). The average Bonchev–Trinajstić information content (AvgIpc) is 4.02. The zero-order chi connectivity index (χ0) is 44.9. The average molecular weight is 905 g/mol.